The van der Waals surface area contributed by atoms with Crippen molar-refractivity contribution in [1.82, 2.24) is 15.5 Å². The zero-order chi connectivity index (χ0) is 11.7. The smallest absolute Gasteiger partial charge is 0.0568 e. The van der Waals surface area contributed by atoms with E-state index in [1.54, 1.807) is 0 Å². The molecule has 0 bridgehead atoms. The molecule has 1 aromatic heterocycles. The second kappa shape index (κ2) is 4.34. The third kappa shape index (κ3) is 1.98. The topological polar surface area (TPSA) is 40.7 Å². The Bertz CT molecular complexity index is 492. The van der Waals surface area contributed by atoms with Gasteiger partial charge in [-0.3, -0.25) is 5.10 Å². The molecule has 2 N–H and O–H groups in total. The maximum Gasteiger partial charge on any atom is 0.0568 e. The molecule has 1 atom stereocenters. The van der Waals surface area contributed by atoms with Gasteiger partial charge in [0.15, 0.2) is 0 Å². The summed E-state index contributed by atoms with van der Waals surface area (Å²) in [4.78, 5) is 0. The number of hydrogen-bond donors (Lipinski definition) is 2. The Balaban J connectivity index is 1.97. The van der Waals surface area contributed by atoms with Crippen molar-refractivity contribution in [3.8, 4) is 11.1 Å². The van der Waals surface area contributed by atoms with Crippen molar-refractivity contribution in [2.45, 2.75) is 19.3 Å². The zero-order valence-corrected chi connectivity index (χ0v) is 10.0. The molecule has 3 nitrogen and oxygen atoms in total. The normalized spacial score (nSPS) is 19.7. The maximum atomic E-state index is 4.21. The average Bonchev–Trinajstić information content (AvgIpc) is 3.00. The number of rotatable bonds is 2. The SMILES string of the molecule is Cc1ccc(-c2cn[nH]c2C2CCNC2)cc1. The first-order valence-electron chi connectivity index (χ1n) is 6.15. The van der Waals surface area contributed by atoms with Gasteiger partial charge in [0.25, 0.3) is 0 Å². The van der Waals surface area contributed by atoms with Crippen molar-refractivity contribution in [3.63, 3.8) is 0 Å². The number of hydrogen-bond acceptors (Lipinski definition) is 2. The van der Waals surface area contributed by atoms with Gasteiger partial charge >= 0.3 is 0 Å². The van der Waals surface area contributed by atoms with Crippen LogP contribution in [0.15, 0.2) is 30.5 Å². The van der Waals surface area contributed by atoms with Gasteiger partial charge in [0.05, 0.1) is 6.20 Å². The molecule has 0 aliphatic carbocycles. The van der Waals surface area contributed by atoms with Crippen molar-refractivity contribution in [2.75, 3.05) is 13.1 Å². The van der Waals surface area contributed by atoms with E-state index in [-0.39, 0.29) is 0 Å². The molecule has 2 heterocycles. The van der Waals surface area contributed by atoms with Gasteiger partial charge in [0.1, 0.15) is 0 Å². The van der Waals surface area contributed by atoms with E-state index >= 15 is 0 Å². The molecule has 2 aromatic rings. The van der Waals surface area contributed by atoms with E-state index in [2.05, 4.69) is 46.7 Å². The summed E-state index contributed by atoms with van der Waals surface area (Å²) in [5, 5.41) is 10.8. The van der Waals surface area contributed by atoms with Gasteiger partial charge in [-0.25, -0.2) is 0 Å². The quantitative estimate of drug-likeness (QED) is 0.827. The van der Waals surface area contributed by atoms with Crippen LogP contribution >= 0.6 is 0 Å². The Morgan fingerprint density at radius 2 is 2.06 bits per heavy atom. The highest BCUT2D eigenvalue weighted by atomic mass is 15.1. The average molecular weight is 227 g/mol. The summed E-state index contributed by atoms with van der Waals surface area (Å²) in [5.41, 5.74) is 5.07. The minimum atomic E-state index is 0.578. The fraction of sp³-hybridized carbons (Fsp3) is 0.357. The van der Waals surface area contributed by atoms with Gasteiger partial charge in [0, 0.05) is 23.7 Å². The molecule has 1 unspecified atom stereocenters. The largest absolute Gasteiger partial charge is 0.316 e. The molecule has 17 heavy (non-hydrogen) atoms. The second-order valence-electron chi connectivity index (χ2n) is 4.75. The molecule has 0 saturated carbocycles. The standard InChI is InChI=1S/C14H17N3/c1-10-2-4-11(5-3-10)13-9-16-17-14(13)12-6-7-15-8-12/h2-5,9,12,15H,6-8H2,1H3,(H,16,17). The molecule has 1 saturated heterocycles. The summed E-state index contributed by atoms with van der Waals surface area (Å²) >= 11 is 0. The van der Waals surface area contributed by atoms with Crippen LogP contribution in [-0.4, -0.2) is 23.3 Å². The first-order chi connectivity index (χ1) is 8.34. The molecule has 0 spiro atoms. The van der Waals surface area contributed by atoms with Crippen molar-refractivity contribution in [2.24, 2.45) is 0 Å². The molecule has 1 aliphatic heterocycles. The Kier molecular flexibility index (Phi) is 2.69. The van der Waals surface area contributed by atoms with E-state index in [0.29, 0.717) is 5.92 Å². The Hall–Kier alpha value is -1.61. The van der Waals surface area contributed by atoms with E-state index < -0.39 is 0 Å². The van der Waals surface area contributed by atoms with Crippen LogP contribution in [0.5, 0.6) is 0 Å². The molecule has 3 heteroatoms. The first kappa shape index (κ1) is 10.5. The maximum absolute atomic E-state index is 4.21. The molecule has 0 radical (unpaired) electrons. The van der Waals surface area contributed by atoms with Crippen LogP contribution in [0.3, 0.4) is 0 Å². The summed E-state index contributed by atoms with van der Waals surface area (Å²) in [6, 6.07) is 8.65. The molecule has 1 aromatic carbocycles. The lowest BCUT2D eigenvalue weighted by molar-refractivity contribution is 0.731. The third-order valence-electron chi connectivity index (χ3n) is 3.50. The molecule has 1 fully saturated rings. The highest BCUT2D eigenvalue weighted by Crippen LogP contribution is 2.30. The molecule has 1 aliphatic rings. The zero-order valence-electron chi connectivity index (χ0n) is 10.0. The summed E-state index contributed by atoms with van der Waals surface area (Å²) in [7, 11) is 0. The van der Waals surface area contributed by atoms with E-state index in [1.165, 1.54) is 28.8 Å². The Labute approximate surface area is 101 Å². The Morgan fingerprint density at radius 1 is 1.24 bits per heavy atom. The number of aryl methyl sites for hydroxylation is 1. The number of H-pyrrole nitrogens is 1. The van der Waals surface area contributed by atoms with Gasteiger partial charge in [-0.15, -0.1) is 0 Å². The van der Waals surface area contributed by atoms with Crippen LogP contribution in [-0.2, 0) is 0 Å². The van der Waals surface area contributed by atoms with Crippen molar-refractivity contribution in [1.29, 1.82) is 0 Å². The lowest BCUT2D eigenvalue weighted by Crippen LogP contribution is -2.08. The highest BCUT2D eigenvalue weighted by molar-refractivity contribution is 5.66. The van der Waals surface area contributed by atoms with E-state index in [1.807, 2.05) is 6.20 Å². The summed E-state index contributed by atoms with van der Waals surface area (Å²) in [6.07, 6.45) is 3.14. The van der Waals surface area contributed by atoms with Gasteiger partial charge in [0.2, 0.25) is 0 Å². The number of nitrogens with zero attached hydrogens (tertiary/aromatic N) is 1. The van der Waals surface area contributed by atoms with Crippen LogP contribution < -0.4 is 5.32 Å². The molecule has 88 valence electrons. The van der Waals surface area contributed by atoms with Crippen LogP contribution in [0.1, 0.15) is 23.6 Å². The van der Waals surface area contributed by atoms with Crippen molar-refractivity contribution < 1.29 is 0 Å². The predicted molar refractivity (Wildman–Crippen MR) is 69.0 cm³/mol. The molecule has 3 rings (SSSR count). The van der Waals surface area contributed by atoms with E-state index in [9.17, 15) is 0 Å². The highest BCUT2D eigenvalue weighted by Gasteiger charge is 2.21. The number of nitrogens with one attached hydrogen (secondary N) is 2. The van der Waals surface area contributed by atoms with Gasteiger partial charge in [-0.05, 0) is 25.5 Å². The first-order valence-corrected chi connectivity index (χ1v) is 6.15. The minimum absolute atomic E-state index is 0.578. The molecular weight excluding hydrogens is 210 g/mol. The van der Waals surface area contributed by atoms with Crippen molar-refractivity contribution in [3.05, 3.63) is 41.7 Å². The van der Waals surface area contributed by atoms with Gasteiger partial charge in [-0.1, -0.05) is 29.8 Å². The van der Waals surface area contributed by atoms with Crippen LogP contribution in [0.4, 0.5) is 0 Å². The fourth-order valence-corrected chi connectivity index (χ4v) is 2.47. The summed E-state index contributed by atoms with van der Waals surface area (Å²) < 4.78 is 0. The predicted octanol–water partition coefficient (Wildman–Crippen LogP) is 2.46. The van der Waals surface area contributed by atoms with E-state index in [4.69, 9.17) is 0 Å². The van der Waals surface area contributed by atoms with Crippen LogP contribution in [0.25, 0.3) is 11.1 Å². The summed E-state index contributed by atoms with van der Waals surface area (Å²) in [5.74, 6) is 0.578. The van der Waals surface area contributed by atoms with Crippen LogP contribution in [0, 0.1) is 6.92 Å². The summed E-state index contributed by atoms with van der Waals surface area (Å²) in [6.45, 7) is 4.28. The monoisotopic (exact) mass is 227 g/mol. The van der Waals surface area contributed by atoms with Crippen LogP contribution in [0.2, 0.25) is 0 Å². The molecular formula is C14H17N3. The lowest BCUT2D eigenvalue weighted by Gasteiger charge is -2.09. The van der Waals surface area contributed by atoms with E-state index in [0.717, 1.165) is 13.1 Å². The number of aromatic amines is 1. The van der Waals surface area contributed by atoms with Gasteiger partial charge < -0.3 is 5.32 Å². The lowest BCUT2D eigenvalue weighted by atomic mass is 9.96. The molecule has 0 amide bonds. The number of aromatic nitrogens is 2. The minimum Gasteiger partial charge on any atom is -0.316 e. The van der Waals surface area contributed by atoms with Gasteiger partial charge in [-0.2, -0.15) is 5.10 Å². The Morgan fingerprint density at radius 3 is 2.76 bits per heavy atom. The van der Waals surface area contributed by atoms with Crippen molar-refractivity contribution >= 4 is 0 Å². The number of benzene rings is 1. The third-order valence-corrected chi connectivity index (χ3v) is 3.50. The fourth-order valence-electron chi connectivity index (χ4n) is 2.47. The second-order valence-corrected chi connectivity index (χ2v) is 4.75.